The molecule has 1 saturated heterocycles. The van der Waals surface area contributed by atoms with Crippen LogP contribution in [0.15, 0.2) is 24.3 Å². The molecule has 1 aromatic rings. The molecule has 112 valence electrons. The Balaban J connectivity index is 1.57. The summed E-state index contributed by atoms with van der Waals surface area (Å²) in [7, 11) is 0. The molecule has 6 nitrogen and oxygen atoms in total. The molecule has 1 unspecified atom stereocenters. The third-order valence-electron chi connectivity index (χ3n) is 4.29. The lowest BCUT2D eigenvalue weighted by molar-refractivity contribution is -0.141. The van der Waals surface area contributed by atoms with E-state index in [-0.39, 0.29) is 13.0 Å². The van der Waals surface area contributed by atoms with Crippen LogP contribution in [0, 0.1) is 0 Å². The Labute approximate surface area is 122 Å². The van der Waals surface area contributed by atoms with E-state index >= 15 is 0 Å². The number of likely N-dealkylation sites (tertiary alicyclic amines) is 1. The number of hydrogen-bond donors (Lipinski definition) is 3. The monoisotopic (exact) mass is 290 g/mol. The number of rotatable bonds is 3. The number of urea groups is 1. The Morgan fingerprint density at radius 3 is 2.81 bits per heavy atom. The molecule has 3 rings (SSSR count). The van der Waals surface area contributed by atoms with Crippen LogP contribution in [0.2, 0.25) is 0 Å². The van der Waals surface area contributed by atoms with Gasteiger partial charge in [-0.3, -0.25) is 0 Å². The second-order valence-corrected chi connectivity index (χ2v) is 5.68. The Morgan fingerprint density at radius 2 is 2.10 bits per heavy atom. The second kappa shape index (κ2) is 5.37. The zero-order chi connectivity index (χ0) is 15.0. The lowest BCUT2D eigenvalue weighted by Gasteiger charge is -2.31. The van der Waals surface area contributed by atoms with Gasteiger partial charge in [-0.25, -0.2) is 9.59 Å². The van der Waals surface area contributed by atoms with Crippen LogP contribution in [0.1, 0.15) is 23.5 Å². The average Bonchev–Trinajstić information content (AvgIpc) is 2.82. The first-order valence-electron chi connectivity index (χ1n) is 7.09. The number of hydrogen-bond acceptors (Lipinski definition) is 3. The number of benzene rings is 1. The molecule has 0 bridgehead atoms. The van der Waals surface area contributed by atoms with Crippen LogP contribution < -0.4 is 5.32 Å². The number of β-amino-alcohol motifs (C(OH)–C–C–N with tert-alkyl or cyclic N) is 1. The van der Waals surface area contributed by atoms with E-state index < -0.39 is 24.1 Å². The van der Waals surface area contributed by atoms with Crippen LogP contribution in [0.4, 0.5) is 4.79 Å². The fraction of sp³-hybridized carbons (Fsp3) is 0.467. The first-order valence-corrected chi connectivity index (χ1v) is 7.09. The van der Waals surface area contributed by atoms with Gasteiger partial charge in [0, 0.05) is 25.4 Å². The number of nitrogens with zero attached hydrogens (tertiary/aromatic N) is 1. The van der Waals surface area contributed by atoms with Gasteiger partial charge >= 0.3 is 12.0 Å². The maximum Gasteiger partial charge on any atom is 0.326 e. The van der Waals surface area contributed by atoms with Gasteiger partial charge in [0.1, 0.15) is 6.04 Å². The van der Waals surface area contributed by atoms with Crippen LogP contribution in [0.25, 0.3) is 0 Å². The molecule has 1 fully saturated rings. The largest absolute Gasteiger partial charge is 0.480 e. The fourth-order valence-corrected chi connectivity index (χ4v) is 3.13. The predicted molar refractivity (Wildman–Crippen MR) is 75.0 cm³/mol. The summed E-state index contributed by atoms with van der Waals surface area (Å²) in [6, 6.07) is 6.75. The first kappa shape index (κ1) is 13.9. The van der Waals surface area contributed by atoms with Crippen molar-refractivity contribution in [1.29, 1.82) is 0 Å². The topological polar surface area (TPSA) is 89.9 Å². The molecule has 2 amide bonds. The molecular weight excluding hydrogens is 272 g/mol. The van der Waals surface area contributed by atoms with E-state index in [1.165, 1.54) is 16.0 Å². The van der Waals surface area contributed by atoms with E-state index in [1.807, 2.05) is 12.1 Å². The zero-order valence-corrected chi connectivity index (χ0v) is 11.5. The molecule has 1 aliphatic carbocycles. The number of carboxylic acid groups (broad SMARTS) is 1. The van der Waals surface area contributed by atoms with Crippen molar-refractivity contribution in [3.63, 3.8) is 0 Å². The van der Waals surface area contributed by atoms with Gasteiger partial charge < -0.3 is 20.4 Å². The van der Waals surface area contributed by atoms with E-state index in [9.17, 15) is 14.7 Å². The highest BCUT2D eigenvalue weighted by Gasteiger charge is 2.39. The van der Waals surface area contributed by atoms with Crippen LogP contribution in [-0.2, 0) is 11.2 Å². The smallest absolute Gasteiger partial charge is 0.326 e. The molecule has 1 heterocycles. The quantitative estimate of drug-likeness (QED) is 0.758. The SMILES string of the molecule is O=C(O)[C@H]1C[C@@H](O)CN1C(=O)NCC1Cc2ccccc21. The van der Waals surface area contributed by atoms with Gasteiger partial charge in [-0.1, -0.05) is 24.3 Å². The molecule has 1 aliphatic heterocycles. The lowest BCUT2D eigenvalue weighted by Crippen LogP contribution is -2.47. The van der Waals surface area contributed by atoms with Gasteiger partial charge in [0.15, 0.2) is 0 Å². The number of aliphatic hydroxyl groups is 1. The molecule has 0 spiro atoms. The predicted octanol–water partition coefficient (Wildman–Crippen LogP) is 0.556. The van der Waals surface area contributed by atoms with E-state index in [2.05, 4.69) is 17.4 Å². The number of fused-ring (bicyclic) bond motifs is 1. The summed E-state index contributed by atoms with van der Waals surface area (Å²) >= 11 is 0. The van der Waals surface area contributed by atoms with Gasteiger partial charge in [-0.15, -0.1) is 0 Å². The van der Waals surface area contributed by atoms with Crippen LogP contribution in [0.5, 0.6) is 0 Å². The van der Waals surface area contributed by atoms with E-state index in [0.717, 1.165) is 6.42 Å². The van der Waals surface area contributed by atoms with Crippen molar-refractivity contribution in [3.8, 4) is 0 Å². The summed E-state index contributed by atoms with van der Waals surface area (Å²) in [5.74, 6) is -0.781. The van der Waals surface area contributed by atoms with Crippen molar-refractivity contribution in [2.75, 3.05) is 13.1 Å². The normalized spacial score (nSPS) is 26.9. The molecule has 1 aromatic carbocycles. The summed E-state index contributed by atoms with van der Waals surface area (Å²) in [6.07, 6.45) is 0.262. The van der Waals surface area contributed by atoms with Crippen molar-refractivity contribution >= 4 is 12.0 Å². The molecule has 21 heavy (non-hydrogen) atoms. The molecule has 0 saturated carbocycles. The van der Waals surface area contributed by atoms with Gasteiger partial charge in [0.05, 0.1) is 6.10 Å². The maximum absolute atomic E-state index is 12.1. The average molecular weight is 290 g/mol. The van der Waals surface area contributed by atoms with Gasteiger partial charge in [0.2, 0.25) is 0 Å². The Morgan fingerprint density at radius 1 is 1.33 bits per heavy atom. The van der Waals surface area contributed by atoms with Gasteiger partial charge in [-0.05, 0) is 17.5 Å². The number of carboxylic acids is 1. The minimum Gasteiger partial charge on any atom is -0.480 e. The number of carbonyl (C=O) groups excluding carboxylic acids is 1. The van der Waals surface area contributed by atoms with Crippen molar-refractivity contribution < 1.29 is 19.8 Å². The minimum atomic E-state index is -1.07. The highest BCUT2D eigenvalue weighted by molar-refractivity contribution is 5.83. The molecule has 2 aliphatic rings. The standard InChI is InChI=1S/C15H18N2O4/c18-11-6-13(14(19)20)17(8-11)15(21)16-7-10-5-9-3-1-2-4-12(9)10/h1-4,10-11,13,18H,5-8H2,(H,16,21)(H,19,20)/t10?,11-,13-/m1/s1. The summed E-state index contributed by atoms with van der Waals surface area (Å²) in [5.41, 5.74) is 2.55. The van der Waals surface area contributed by atoms with Crippen molar-refractivity contribution in [3.05, 3.63) is 35.4 Å². The van der Waals surface area contributed by atoms with Crippen molar-refractivity contribution in [2.24, 2.45) is 0 Å². The molecule has 3 atom stereocenters. The number of carbonyl (C=O) groups is 2. The Kier molecular flexibility index (Phi) is 3.55. The first-order chi connectivity index (χ1) is 10.1. The van der Waals surface area contributed by atoms with Gasteiger partial charge in [-0.2, -0.15) is 0 Å². The number of aliphatic carboxylic acids is 1. The molecule has 3 N–H and O–H groups in total. The highest BCUT2D eigenvalue weighted by atomic mass is 16.4. The number of aliphatic hydroxyl groups excluding tert-OH is 1. The summed E-state index contributed by atoms with van der Waals surface area (Å²) in [4.78, 5) is 24.4. The highest BCUT2D eigenvalue weighted by Crippen LogP contribution is 2.34. The summed E-state index contributed by atoms with van der Waals surface area (Å²) < 4.78 is 0. The Bertz CT molecular complexity index is 575. The molecular formula is C15H18N2O4. The lowest BCUT2D eigenvalue weighted by atomic mass is 9.78. The van der Waals surface area contributed by atoms with Crippen LogP contribution in [-0.4, -0.2) is 52.3 Å². The molecule has 0 radical (unpaired) electrons. The maximum atomic E-state index is 12.1. The van der Waals surface area contributed by atoms with E-state index in [4.69, 9.17) is 5.11 Å². The zero-order valence-electron chi connectivity index (χ0n) is 11.5. The van der Waals surface area contributed by atoms with Crippen LogP contribution >= 0.6 is 0 Å². The Hall–Kier alpha value is -2.08. The van der Waals surface area contributed by atoms with Gasteiger partial charge in [0.25, 0.3) is 0 Å². The number of nitrogens with one attached hydrogen (secondary N) is 1. The van der Waals surface area contributed by atoms with E-state index in [1.54, 1.807) is 0 Å². The molecule has 0 aromatic heterocycles. The second-order valence-electron chi connectivity index (χ2n) is 5.68. The van der Waals surface area contributed by atoms with E-state index in [0.29, 0.717) is 12.5 Å². The number of amides is 2. The third-order valence-corrected chi connectivity index (χ3v) is 4.29. The minimum absolute atomic E-state index is 0.0735. The summed E-state index contributed by atoms with van der Waals surface area (Å²) in [6.45, 7) is 0.568. The van der Waals surface area contributed by atoms with Crippen molar-refractivity contribution in [2.45, 2.75) is 30.9 Å². The molecule has 6 heteroatoms. The summed E-state index contributed by atoms with van der Waals surface area (Å²) in [5, 5.41) is 21.4. The third kappa shape index (κ3) is 2.58. The van der Waals surface area contributed by atoms with Crippen molar-refractivity contribution in [1.82, 2.24) is 10.2 Å². The fourth-order valence-electron chi connectivity index (χ4n) is 3.13. The van der Waals surface area contributed by atoms with Crippen LogP contribution in [0.3, 0.4) is 0 Å².